The van der Waals surface area contributed by atoms with E-state index in [-0.39, 0.29) is 0 Å². The summed E-state index contributed by atoms with van der Waals surface area (Å²) in [5, 5.41) is 0. The third-order valence-corrected chi connectivity index (χ3v) is 0. The molecule has 0 aromatic heterocycles. The molecule has 0 atom stereocenters. The summed E-state index contributed by atoms with van der Waals surface area (Å²) in [6.45, 7) is 0. The van der Waals surface area contributed by atoms with E-state index >= 15 is 0 Å². The van der Waals surface area contributed by atoms with Crippen LogP contribution < -0.4 is 0 Å². The van der Waals surface area contributed by atoms with Crippen molar-refractivity contribution in [2.45, 2.75) is 0 Å². The molecule has 0 saturated heterocycles. The van der Waals surface area contributed by atoms with Gasteiger partial charge < -0.3 is 0 Å². The van der Waals surface area contributed by atoms with Gasteiger partial charge in [-0.25, -0.2) is 0 Å². The Hall–Kier alpha value is 0.810. The monoisotopic (exact) mass is 280 g/mol. The van der Waals surface area contributed by atoms with Crippen LogP contribution in [0.2, 0.25) is 0 Å². The van der Waals surface area contributed by atoms with Gasteiger partial charge in [0.25, 0.3) is 0 Å². The van der Waals surface area contributed by atoms with E-state index in [1.54, 1.807) is 0 Å². The minimum atomic E-state index is -3.69. The van der Waals surface area contributed by atoms with Crippen molar-refractivity contribution in [1.82, 2.24) is 0 Å². The molecule has 5 heteroatoms. The Morgan fingerprint density at radius 3 is 1.60 bits per heavy atom. The number of hydrogen-bond acceptors (Lipinski definition) is 1. The zero-order chi connectivity index (χ0) is 4.50. The second-order valence-corrected chi connectivity index (χ2v) is 5.07. The molecule has 0 rings (SSSR count). The van der Waals surface area contributed by atoms with Crippen LogP contribution in [0.4, 0.5) is 0 Å². The van der Waals surface area contributed by atoms with Gasteiger partial charge >= 0.3 is 41.0 Å². The Morgan fingerprint density at radius 2 is 1.60 bits per heavy atom. The Labute approximate surface area is 41.3 Å². The molecule has 0 saturated carbocycles. The predicted molar refractivity (Wildman–Crippen MR) is 14.8 cm³/mol. The van der Waals surface area contributed by atoms with E-state index < -0.39 is 7.96 Å². The average molecular weight is 280 g/mol. The molecular weight excluding hydrogens is 277 g/mol. The maximum absolute atomic E-state index is 9.30. The summed E-state index contributed by atoms with van der Waals surface area (Å²) in [7, 11) is -3.69. The average Bonchev–Trinajstić information content (AvgIpc) is 0.722. The van der Waals surface area contributed by atoms with Gasteiger partial charge in [0.2, 0.25) is 0 Å². The van der Waals surface area contributed by atoms with Crippen LogP contribution in [0.3, 0.4) is 0 Å². The molecular formula is H3AuO3S. The van der Waals surface area contributed by atoms with Gasteiger partial charge in [-0.05, 0) is 0 Å². The normalized spacial score (nSPS) is 15.2. The van der Waals surface area contributed by atoms with Crippen LogP contribution in [0.25, 0.3) is 0 Å². The second-order valence-electron chi connectivity index (χ2n) is 0.428. The summed E-state index contributed by atoms with van der Waals surface area (Å²) in [5.41, 5.74) is 0. The van der Waals surface area contributed by atoms with Gasteiger partial charge in [0.05, 0.1) is 0 Å². The van der Waals surface area contributed by atoms with Crippen LogP contribution in [0, 0.1) is 0 Å². The fourth-order valence-electron chi connectivity index (χ4n) is 0. The van der Waals surface area contributed by atoms with E-state index in [4.69, 9.17) is 9.11 Å². The molecule has 0 unspecified atom stereocenters. The van der Waals surface area contributed by atoms with Crippen LogP contribution in [0.15, 0.2) is 0 Å². The van der Waals surface area contributed by atoms with Crippen molar-refractivity contribution in [3.63, 3.8) is 0 Å². The first kappa shape index (κ1) is 5.81. The van der Waals surface area contributed by atoms with Crippen molar-refractivity contribution >= 4 is 7.96 Å². The summed E-state index contributed by atoms with van der Waals surface area (Å²) in [6.07, 6.45) is 0. The molecule has 0 fully saturated rings. The Bertz CT molecular complexity index is 53.0. The van der Waals surface area contributed by atoms with Crippen molar-refractivity contribution in [3.8, 4) is 0 Å². The van der Waals surface area contributed by atoms with Crippen LogP contribution >= 0.6 is 0 Å². The molecule has 0 aliphatic heterocycles. The van der Waals surface area contributed by atoms with E-state index in [1.807, 2.05) is 0 Å². The van der Waals surface area contributed by atoms with Crippen molar-refractivity contribution in [1.29, 1.82) is 0 Å². The molecule has 5 heavy (non-hydrogen) atoms. The molecule has 3 nitrogen and oxygen atoms in total. The summed E-state index contributed by atoms with van der Waals surface area (Å²) in [6, 6.07) is 0. The first-order valence-electron chi connectivity index (χ1n) is 0.717. The van der Waals surface area contributed by atoms with Gasteiger partial charge in [-0.1, -0.05) is 0 Å². The predicted octanol–water partition coefficient (Wildman–Crippen LogP) is -0.589. The first-order valence-corrected chi connectivity index (χ1v) is 5.06. The van der Waals surface area contributed by atoms with Crippen LogP contribution in [0.5, 0.6) is 0 Å². The second kappa shape index (κ2) is 1.51. The third kappa shape index (κ3) is 57.9. The molecule has 0 bridgehead atoms. The molecule has 0 heterocycles. The molecule has 0 aromatic rings. The van der Waals surface area contributed by atoms with E-state index in [0.29, 0.717) is 0 Å². The van der Waals surface area contributed by atoms with Gasteiger partial charge in [0.1, 0.15) is 0 Å². The molecule has 0 aliphatic rings. The van der Waals surface area contributed by atoms with E-state index in [0.717, 1.165) is 0 Å². The van der Waals surface area contributed by atoms with Gasteiger partial charge in [0, 0.05) is 0 Å². The molecule has 0 aromatic carbocycles. The summed E-state index contributed by atoms with van der Waals surface area (Å²) < 4.78 is 24.5. The standard InChI is InChI=1S/Au.H3O3S/c;1-4(2)3/h;4H,(H2,1,2,3). The SMILES string of the molecule is O=[SH](O)(O)[Au]. The molecule has 38 valence electrons. The Kier molecular flexibility index (Phi) is 1.75. The maximum atomic E-state index is 9.30. The van der Waals surface area contributed by atoms with Crippen molar-refractivity contribution in [2.75, 3.05) is 0 Å². The van der Waals surface area contributed by atoms with Gasteiger partial charge in [0.15, 0.2) is 0 Å². The van der Waals surface area contributed by atoms with Crippen molar-refractivity contribution < 1.29 is 33.1 Å². The summed E-state index contributed by atoms with van der Waals surface area (Å²) >= 11 is 1.21. The van der Waals surface area contributed by atoms with Crippen molar-refractivity contribution in [2.24, 2.45) is 0 Å². The van der Waals surface area contributed by atoms with Gasteiger partial charge in [-0.2, -0.15) is 0 Å². The Morgan fingerprint density at radius 1 is 1.60 bits per heavy atom. The van der Waals surface area contributed by atoms with E-state index in [1.165, 1.54) is 19.7 Å². The molecule has 0 spiro atoms. The van der Waals surface area contributed by atoms with Gasteiger partial charge in [-0.15, -0.1) is 0 Å². The van der Waals surface area contributed by atoms with E-state index in [9.17, 15) is 4.21 Å². The minimum absolute atomic E-state index is 1.21. The molecule has 0 amide bonds. The first-order chi connectivity index (χ1) is 2.00. The number of rotatable bonds is 0. The fraction of sp³-hybridized carbons (Fsp3) is 0. The van der Waals surface area contributed by atoms with Crippen LogP contribution in [-0.2, 0) is 27.7 Å². The van der Waals surface area contributed by atoms with Crippen molar-refractivity contribution in [3.05, 3.63) is 0 Å². The zero-order valence-electron chi connectivity index (χ0n) is 2.05. The molecule has 0 radical (unpaired) electrons. The summed E-state index contributed by atoms with van der Waals surface area (Å²) in [5.74, 6) is 0. The topological polar surface area (TPSA) is 57.5 Å². The fourth-order valence-corrected chi connectivity index (χ4v) is 0. The molecule has 0 aliphatic carbocycles. The van der Waals surface area contributed by atoms with Gasteiger partial charge in [-0.3, -0.25) is 0 Å². The third-order valence-electron chi connectivity index (χ3n) is 0. The van der Waals surface area contributed by atoms with E-state index in [2.05, 4.69) is 0 Å². The quantitative estimate of drug-likeness (QED) is 0.411. The Balaban J connectivity index is 3.47. The van der Waals surface area contributed by atoms with Crippen LogP contribution in [0.1, 0.15) is 0 Å². The summed E-state index contributed by atoms with van der Waals surface area (Å²) in [4.78, 5) is 0. The zero-order valence-corrected chi connectivity index (χ0v) is 5.11. The number of thiol groups is 1. The number of hydrogen-bond donors (Lipinski definition) is 3. The van der Waals surface area contributed by atoms with Crippen LogP contribution in [-0.4, -0.2) is 13.3 Å². The molecule has 2 N–H and O–H groups in total.